The van der Waals surface area contributed by atoms with Gasteiger partial charge in [0.05, 0.1) is 10.6 Å². The molecule has 5 nitrogen and oxygen atoms in total. The Bertz CT molecular complexity index is 591. The van der Waals surface area contributed by atoms with Crippen molar-refractivity contribution in [1.29, 1.82) is 0 Å². The summed E-state index contributed by atoms with van der Waals surface area (Å²) < 4.78 is 24.2. The number of guanidine groups is 1. The van der Waals surface area contributed by atoms with Crippen molar-refractivity contribution in [1.82, 2.24) is 4.90 Å². The molecule has 0 spiro atoms. The van der Waals surface area contributed by atoms with E-state index in [1.165, 1.54) is 0 Å². The molecule has 0 bridgehead atoms. The zero-order valence-electron chi connectivity index (χ0n) is 13.1. The summed E-state index contributed by atoms with van der Waals surface area (Å²) in [6.45, 7) is 4.58. The van der Waals surface area contributed by atoms with Crippen molar-refractivity contribution in [3.8, 4) is 0 Å². The van der Waals surface area contributed by atoms with Crippen molar-refractivity contribution in [2.75, 3.05) is 25.4 Å². The van der Waals surface area contributed by atoms with E-state index in [0.717, 1.165) is 31.8 Å². The molecule has 1 saturated heterocycles. The summed E-state index contributed by atoms with van der Waals surface area (Å²) in [4.78, 5) is 6.79. The first-order valence-electron chi connectivity index (χ1n) is 7.82. The summed E-state index contributed by atoms with van der Waals surface area (Å²) in [7, 11) is -3.21. The van der Waals surface area contributed by atoms with Gasteiger partial charge >= 0.3 is 0 Å². The van der Waals surface area contributed by atoms with Crippen LogP contribution in [0.2, 0.25) is 0 Å². The second kappa shape index (κ2) is 7.63. The molecular weight excluding hydrogens is 298 g/mol. The Kier molecular flexibility index (Phi) is 5.83. The maximum Gasteiger partial charge on any atom is 0.191 e. The van der Waals surface area contributed by atoms with Gasteiger partial charge in [0, 0.05) is 19.6 Å². The molecule has 122 valence electrons. The highest BCUT2D eigenvalue weighted by Gasteiger charge is 2.17. The van der Waals surface area contributed by atoms with Crippen molar-refractivity contribution in [3.05, 3.63) is 30.3 Å². The van der Waals surface area contributed by atoms with Crippen LogP contribution < -0.4 is 5.73 Å². The number of aliphatic imine (C=N–C) groups is 1. The first-order chi connectivity index (χ1) is 10.5. The van der Waals surface area contributed by atoms with Crippen molar-refractivity contribution >= 4 is 15.8 Å². The van der Waals surface area contributed by atoms with Gasteiger partial charge in [0.25, 0.3) is 0 Å². The molecular formula is C16H25N3O2S. The predicted octanol–water partition coefficient (Wildman–Crippen LogP) is 1.90. The van der Waals surface area contributed by atoms with E-state index in [1.807, 2.05) is 6.07 Å². The van der Waals surface area contributed by atoms with E-state index in [1.54, 1.807) is 24.3 Å². The van der Waals surface area contributed by atoms with E-state index in [2.05, 4.69) is 16.8 Å². The fourth-order valence-corrected chi connectivity index (χ4v) is 3.85. The van der Waals surface area contributed by atoms with Gasteiger partial charge in [-0.2, -0.15) is 0 Å². The van der Waals surface area contributed by atoms with Gasteiger partial charge in [-0.25, -0.2) is 8.42 Å². The Hall–Kier alpha value is -1.56. The highest BCUT2D eigenvalue weighted by molar-refractivity contribution is 7.91. The summed E-state index contributed by atoms with van der Waals surface area (Å²) in [5, 5.41) is 0. The first kappa shape index (κ1) is 16.8. The first-order valence-corrected chi connectivity index (χ1v) is 9.47. The van der Waals surface area contributed by atoms with Crippen LogP contribution in [0.15, 0.2) is 40.2 Å². The molecule has 0 amide bonds. The fourth-order valence-electron chi connectivity index (χ4n) is 2.53. The quantitative estimate of drug-likeness (QED) is 0.510. The van der Waals surface area contributed by atoms with E-state index < -0.39 is 9.84 Å². The molecule has 0 atom stereocenters. The number of rotatable bonds is 5. The lowest BCUT2D eigenvalue weighted by Crippen LogP contribution is -2.42. The van der Waals surface area contributed by atoms with E-state index in [-0.39, 0.29) is 5.75 Å². The van der Waals surface area contributed by atoms with Crippen molar-refractivity contribution in [2.45, 2.75) is 31.1 Å². The average molecular weight is 323 g/mol. The van der Waals surface area contributed by atoms with Gasteiger partial charge < -0.3 is 10.6 Å². The lowest BCUT2D eigenvalue weighted by atomic mass is 10.00. The minimum Gasteiger partial charge on any atom is -0.370 e. The van der Waals surface area contributed by atoms with Gasteiger partial charge in [0.15, 0.2) is 15.8 Å². The molecule has 6 heteroatoms. The van der Waals surface area contributed by atoms with Crippen LogP contribution in [-0.4, -0.2) is 44.7 Å². The second-order valence-corrected chi connectivity index (χ2v) is 8.00. The van der Waals surface area contributed by atoms with Crippen LogP contribution in [0.1, 0.15) is 26.2 Å². The SMILES string of the molecule is CC1CCN(C(N)=NCCCS(=O)(=O)c2ccccc2)CC1. The number of nitrogens with zero attached hydrogens (tertiary/aromatic N) is 2. The number of sulfone groups is 1. The molecule has 0 aliphatic carbocycles. The molecule has 2 rings (SSSR count). The van der Waals surface area contributed by atoms with Crippen molar-refractivity contribution < 1.29 is 8.42 Å². The number of nitrogens with two attached hydrogens (primary N) is 1. The van der Waals surface area contributed by atoms with Crippen molar-refractivity contribution in [3.63, 3.8) is 0 Å². The lowest BCUT2D eigenvalue weighted by molar-refractivity contribution is 0.277. The third-order valence-corrected chi connectivity index (χ3v) is 5.87. The lowest BCUT2D eigenvalue weighted by Gasteiger charge is -2.31. The zero-order valence-corrected chi connectivity index (χ0v) is 13.9. The Morgan fingerprint density at radius 2 is 1.91 bits per heavy atom. The van der Waals surface area contributed by atoms with Crippen LogP contribution in [0.5, 0.6) is 0 Å². The van der Waals surface area contributed by atoms with Crippen molar-refractivity contribution in [2.24, 2.45) is 16.6 Å². The van der Waals surface area contributed by atoms with Crippen LogP contribution in [0.3, 0.4) is 0 Å². The summed E-state index contributed by atoms with van der Waals surface area (Å²) in [6, 6.07) is 8.54. The Morgan fingerprint density at radius 1 is 1.27 bits per heavy atom. The third-order valence-electron chi connectivity index (χ3n) is 4.05. The number of benzene rings is 1. The maximum absolute atomic E-state index is 12.1. The molecule has 0 unspecified atom stereocenters. The third kappa shape index (κ3) is 4.73. The van der Waals surface area contributed by atoms with E-state index in [0.29, 0.717) is 23.8 Å². The Morgan fingerprint density at radius 3 is 2.55 bits per heavy atom. The average Bonchev–Trinajstić information content (AvgIpc) is 2.53. The van der Waals surface area contributed by atoms with Gasteiger partial charge in [-0.05, 0) is 37.3 Å². The van der Waals surface area contributed by atoms with Crippen LogP contribution >= 0.6 is 0 Å². The zero-order chi connectivity index (χ0) is 16.0. The maximum atomic E-state index is 12.1. The highest BCUT2D eigenvalue weighted by Crippen LogP contribution is 2.15. The number of hydrogen-bond donors (Lipinski definition) is 1. The molecule has 1 aliphatic heterocycles. The van der Waals surface area contributed by atoms with Gasteiger partial charge in [0.2, 0.25) is 0 Å². The highest BCUT2D eigenvalue weighted by atomic mass is 32.2. The van der Waals surface area contributed by atoms with Gasteiger partial charge in [0.1, 0.15) is 0 Å². The Labute approximate surface area is 133 Å². The summed E-state index contributed by atoms with van der Waals surface area (Å²) in [6.07, 6.45) is 2.76. The molecule has 22 heavy (non-hydrogen) atoms. The summed E-state index contributed by atoms with van der Waals surface area (Å²) >= 11 is 0. The predicted molar refractivity (Wildman–Crippen MR) is 89.6 cm³/mol. The molecule has 1 aliphatic rings. The Balaban J connectivity index is 1.80. The van der Waals surface area contributed by atoms with E-state index in [4.69, 9.17) is 5.73 Å². The second-order valence-electron chi connectivity index (χ2n) is 5.89. The number of piperidine rings is 1. The minimum atomic E-state index is -3.21. The molecule has 0 radical (unpaired) electrons. The largest absolute Gasteiger partial charge is 0.370 e. The summed E-state index contributed by atoms with van der Waals surface area (Å²) in [5.74, 6) is 1.40. The number of hydrogen-bond acceptors (Lipinski definition) is 3. The standard InChI is InChI=1S/C16H25N3O2S/c1-14-8-11-19(12-9-14)16(17)18-10-5-13-22(20,21)15-6-3-2-4-7-15/h2-4,6-7,14H,5,8-13H2,1H3,(H2,17,18). The molecule has 1 fully saturated rings. The van der Waals surface area contributed by atoms with Crippen LogP contribution in [-0.2, 0) is 9.84 Å². The van der Waals surface area contributed by atoms with E-state index >= 15 is 0 Å². The number of likely N-dealkylation sites (tertiary alicyclic amines) is 1. The molecule has 0 aromatic heterocycles. The summed E-state index contributed by atoms with van der Waals surface area (Å²) in [5.41, 5.74) is 5.98. The molecule has 2 N–H and O–H groups in total. The van der Waals surface area contributed by atoms with Gasteiger partial charge in [-0.15, -0.1) is 0 Å². The molecule has 1 aromatic carbocycles. The monoisotopic (exact) mass is 323 g/mol. The topological polar surface area (TPSA) is 75.8 Å². The van der Waals surface area contributed by atoms with Crippen LogP contribution in [0.25, 0.3) is 0 Å². The minimum absolute atomic E-state index is 0.102. The van der Waals surface area contributed by atoms with E-state index in [9.17, 15) is 8.42 Å². The molecule has 0 saturated carbocycles. The molecule has 1 aromatic rings. The smallest absolute Gasteiger partial charge is 0.191 e. The van der Waals surface area contributed by atoms with Crippen LogP contribution in [0, 0.1) is 5.92 Å². The molecule has 1 heterocycles. The van der Waals surface area contributed by atoms with Gasteiger partial charge in [-0.1, -0.05) is 25.1 Å². The van der Waals surface area contributed by atoms with Crippen LogP contribution in [0.4, 0.5) is 0 Å². The normalized spacial score (nSPS) is 17.7. The van der Waals surface area contributed by atoms with Gasteiger partial charge in [-0.3, -0.25) is 4.99 Å². The fraction of sp³-hybridized carbons (Fsp3) is 0.562.